The van der Waals surface area contributed by atoms with E-state index in [9.17, 15) is 9.59 Å². The summed E-state index contributed by atoms with van der Waals surface area (Å²) in [4.78, 5) is 24.2. The summed E-state index contributed by atoms with van der Waals surface area (Å²) in [6.45, 7) is 1.31. The molecule has 1 atom stereocenters. The van der Waals surface area contributed by atoms with E-state index in [0.29, 0.717) is 16.3 Å². The van der Waals surface area contributed by atoms with E-state index in [0.717, 1.165) is 19.3 Å². The van der Waals surface area contributed by atoms with Crippen LogP contribution in [0.5, 0.6) is 5.75 Å². The number of ether oxygens (including phenoxy) is 2. The van der Waals surface area contributed by atoms with Crippen molar-refractivity contribution in [1.82, 2.24) is 0 Å². The molecule has 0 spiro atoms. The molecule has 0 radical (unpaired) electrons. The third-order valence-electron chi connectivity index (χ3n) is 4.21. The second-order valence-corrected chi connectivity index (χ2v) is 6.52. The molecule has 0 aliphatic heterocycles. The number of rotatable bonds is 6. The lowest BCUT2D eigenvalue weighted by Crippen LogP contribution is -2.27. The molecule has 25 heavy (non-hydrogen) atoms. The normalized spacial score (nSPS) is 13.8. The van der Waals surface area contributed by atoms with Crippen molar-refractivity contribution in [2.24, 2.45) is 0 Å². The molecular formula is C20H19ClO4. The van der Waals surface area contributed by atoms with Crippen LogP contribution in [-0.4, -0.2) is 24.5 Å². The first-order valence-electron chi connectivity index (χ1n) is 8.27. The molecule has 3 rings (SSSR count). The van der Waals surface area contributed by atoms with Crippen molar-refractivity contribution < 1.29 is 19.1 Å². The molecule has 0 fully saturated rings. The Labute approximate surface area is 151 Å². The van der Waals surface area contributed by atoms with Gasteiger partial charge in [0, 0.05) is 10.6 Å². The van der Waals surface area contributed by atoms with Crippen molar-refractivity contribution in [2.75, 3.05) is 6.61 Å². The van der Waals surface area contributed by atoms with Crippen LogP contribution in [0.25, 0.3) is 0 Å². The number of hydrogen-bond acceptors (Lipinski definition) is 4. The fourth-order valence-corrected chi connectivity index (χ4v) is 3.13. The van der Waals surface area contributed by atoms with Crippen molar-refractivity contribution in [3.8, 4) is 5.75 Å². The van der Waals surface area contributed by atoms with E-state index >= 15 is 0 Å². The van der Waals surface area contributed by atoms with E-state index in [1.54, 1.807) is 24.3 Å². The Hall–Kier alpha value is -2.33. The summed E-state index contributed by atoms with van der Waals surface area (Å²) in [5.41, 5.74) is 3.03. The van der Waals surface area contributed by atoms with Gasteiger partial charge in [0.25, 0.3) is 0 Å². The van der Waals surface area contributed by atoms with Crippen LogP contribution in [0.3, 0.4) is 0 Å². The predicted molar refractivity (Wildman–Crippen MR) is 95.3 cm³/mol. The minimum atomic E-state index is -0.894. The fraction of sp³-hybridized carbons (Fsp3) is 0.300. The van der Waals surface area contributed by atoms with Crippen molar-refractivity contribution >= 4 is 23.4 Å². The number of halogens is 1. The zero-order chi connectivity index (χ0) is 17.8. The van der Waals surface area contributed by atoms with Crippen molar-refractivity contribution in [3.05, 3.63) is 64.2 Å². The summed E-state index contributed by atoms with van der Waals surface area (Å²) in [7, 11) is 0. The second kappa shape index (κ2) is 7.70. The zero-order valence-electron chi connectivity index (χ0n) is 14.0. The molecule has 0 aromatic heterocycles. The minimum Gasteiger partial charge on any atom is -0.482 e. The van der Waals surface area contributed by atoms with Crippen molar-refractivity contribution in [3.63, 3.8) is 0 Å². The molecule has 0 heterocycles. The molecule has 2 aromatic carbocycles. The molecule has 0 saturated carbocycles. The molecule has 5 heteroatoms. The van der Waals surface area contributed by atoms with Crippen LogP contribution >= 0.6 is 11.6 Å². The summed E-state index contributed by atoms with van der Waals surface area (Å²) in [5, 5.41) is 0.462. The van der Waals surface area contributed by atoms with Crippen LogP contribution in [0.15, 0.2) is 42.5 Å². The van der Waals surface area contributed by atoms with E-state index in [4.69, 9.17) is 21.1 Å². The number of ketones is 1. The Balaban J connectivity index is 1.52. The van der Waals surface area contributed by atoms with E-state index in [2.05, 4.69) is 0 Å². The van der Waals surface area contributed by atoms with E-state index in [-0.39, 0.29) is 12.4 Å². The molecule has 130 valence electrons. The average Bonchev–Trinajstić information content (AvgIpc) is 3.07. The van der Waals surface area contributed by atoms with Crippen LogP contribution in [-0.2, 0) is 22.4 Å². The number of carbonyl (C=O) groups is 2. The van der Waals surface area contributed by atoms with Crippen LogP contribution in [0.1, 0.15) is 34.8 Å². The largest absolute Gasteiger partial charge is 0.482 e. The molecule has 0 amide bonds. The fourth-order valence-electron chi connectivity index (χ4n) is 2.94. The van der Waals surface area contributed by atoms with Crippen LogP contribution in [0.4, 0.5) is 0 Å². The number of esters is 1. The number of hydrogen-bond donors (Lipinski definition) is 0. The lowest BCUT2D eigenvalue weighted by molar-refractivity contribution is -0.148. The Morgan fingerprint density at radius 1 is 1.12 bits per heavy atom. The molecule has 0 N–H and O–H groups in total. The highest BCUT2D eigenvalue weighted by molar-refractivity contribution is 6.31. The molecule has 2 aromatic rings. The smallest absolute Gasteiger partial charge is 0.344 e. The Bertz CT molecular complexity index is 800. The number of Topliss-reactive ketones (excluding diaryl/α,β-unsaturated/α-hetero) is 1. The van der Waals surface area contributed by atoms with Gasteiger partial charge >= 0.3 is 5.97 Å². The van der Waals surface area contributed by atoms with Gasteiger partial charge in [-0.3, -0.25) is 4.79 Å². The van der Waals surface area contributed by atoms with Gasteiger partial charge in [-0.1, -0.05) is 29.8 Å². The first-order valence-corrected chi connectivity index (χ1v) is 8.64. The lowest BCUT2D eigenvalue weighted by Gasteiger charge is -2.13. The van der Waals surface area contributed by atoms with Crippen molar-refractivity contribution in [2.45, 2.75) is 32.3 Å². The molecule has 1 unspecified atom stereocenters. The van der Waals surface area contributed by atoms with E-state index in [1.165, 1.54) is 18.1 Å². The maximum Gasteiger partial charge on any atom is 0.344 e. The highest BCUT2D eigenvalue weighted by Gasteiger charge is 2.20. The monoisotopic (exact) mass is 358 g/mol. The Kier molecular flexibility index (Phi) is 5.39. The number of benzene rings is 2. The SMILES string of the molecule is CC(OC(=O)COc1ccc2c(c1)CCC2)C(=O)c1cccc(Cl)c1. The standard InChI is InChI=1S/C20H19ClO4/c1-13(20(23)16-6-3-7-17(21)10-16)25-19(22)12-24-18-9-8-14-4-2-5-15(14)11-18/h3,6-11,13H,2,4-5,12H2,1H3. The maximum absolute atomic E-state index is 12.3. The van der Waals surface area contributed by atoms with Gasteiger partial charge in [0.05, 0.1) is 0 Å². The zero-order valence-corrected chi connectivity index (χ0v) is 14.7. The van der Waals surface area contributed by atoms with Gasteiger partial charge in [-0.25, -0.2) is 4.79 Å². The summed E-state index contributed by atoms with van der Waals surface area (Å²) in [5.74, 6) is -0.233. The molecule has 1 aliphatic rings. The van der Waals surface area contributed by atoms with Gasteiger partial charge in [0.2, 0.25) is 5.78 Å². The molecule has 0 saturated heterocycles. The van der Waals surface area contributed by atoms with Gasteiger partial charge in [0.1, 0.15) is 5.75 Å². The average molecular weight is 359 g/mol. The predicted octanol–water partition coefficient (Wildman–Crippen LogP) is 4.02. The lowest BCUT2D eigenvalue weighted by atomic mass is 10.1. The topological polar surface area (TPSA) is 52.6 Å². The molecule has 4 nitrogen and oxygen atoms in total. The third-order valence-corrected chi connectivity index (χ3v) is 4.45. The minimum absolute atomic E-state index is 0.230. The summed E-state index contributed by atoms with van der Waals surface area (Å²) in [6, 6.07) is 12.4. The van der Waals surface area contributed by atoms with Crippen molar-refractivity contribution in [1.29, 1.82) is 0 Å². The molecule has 0 bridgehead atoms. The van der Waals surface area contributed by atoms with Gasteiger partial charge < -0.3 is 9.47 Å². The van der Waals surface area contributed by atoms with Gasteiger partial charge in [0.15, 0.2) is 12.7 Å². The highest BCUT2D eigenvalue weighted by atomic mass is 35.5. The number of aryl methyl sites for hydroxylation is 2. The summed E-state index contributed by atoms with van der Waals surface area (Å²) >= 11 is 5.88. The second-order valence-electron chi connectivity index (χ2n) is 6.08. The first-order chi connectivity index (χ1) is 12.0. The van der Waals surface area contributed by atoms with Gasteiger partial charge in [-0.15, -0.1) is 0 Å². The quantitative estimate of drug-likeness (QED) is 0.578. The first kappa shape index (κ1) is 17.5. The number of fused-ring (bicyclic) bond motifs is 1. The third kappa shape index (κ3) is 4.40. The molecular weight excluding hydrogens is 340 g/mol. The maximum atomic E-state index is 12.3. The summed E-state index contributed by atoms with van der Waals surface area (Å²) < 4.78 is 10.7. The van der Waals surface area contributed by atoms with Gasteiger partial charge in [-0.2, -0.15) is 0 Å². The molecule has 1 aliphatic carbocycles. The van der Waals surface area contributed by atoms with Crippen LogP contribution < -0.4 is 4.74 Å². The van der Waals surface area contributed by atoms with E-state index < -0.39 is 12.1 Å². The number of carbonyl (C=O) groups excluding carboxylic acids is 2. The Morgan fingerprint density at radius 2 is 1.92 bits per heavy atom. The van der Waals surface area contributed by atoms with Crippen LogP contribution in [0, 0.1) is 0 Å². The summed E-state index contributed by atoms with van der Waals surface area (Å²) in [6.07, 6.45) is 2.40. The van der Waals surface area contributed by atoms with E-state index in [1.807, 2.05) is 18.2 Å². The van der Waals surface area contributed by atoms with Gasteiger partial charge in [-0.05, 0) is 61.6 Å². The highest BCUT2D eigenvalue weighted by Crippen LogP contribution is 2.26. The Morgan fingerprint density at radius 3 is 2.72 bits per heavy atom. The van der Waals surface area contributed by atoms with Crippen LogP contribution in [0.2, 0.25) is 5.02 Å².